The Labute approximate surface area is 176 Å². The number of hydrogen-bond donors (Lipinski definition) is 2. The van der Waals surface area contributed by atoms with E-state index in [4.69, 9.17) is 4.99 Å². The minimum Gasteiger partial charge on any atom is -0.357 e. The molecule has 0 saturated carbocycles. The molecule has 2 aromatic rings. The van der Waals surface area contributed by atoms with Gasteiger partial charge < -0.3 is 10.6 Å². The van der Waals surface area contributed by atoms with Crippen molar-refractivity contribution >= 4 is 41.3 Å². The summed E-state index contributed by atoms with van der Waals surface area (Å²) in [6.45, 7) is 8.70. The summed E-state index contributed by atoms with van der Waals surface area (Å²) in [4.78, 5) is 15.1. The van der Waals surface area contributed by atoms with Crippen LogP contribution in [0.15, 0.2) is 11.2 Å². The maximum absolute atomic E-state index is 4.72. The van der Waals surface area contributed by atoms with Crippen molar-refractivity contribution in [2.45, 2.75) is 59.0 Å². The Balaban J connectivity index is 0.00000243. The fourth-order valence-corrected chi connectivity index (χ4v) is 3.83. The molecule has 9 heteroatoms. The molecule has 26 heavy (non-hydrogen) atoms. The zero-order valence-electron chi connectivity index (χ0n) is 15.7. The highest BCUT2D eigenvalue weighted by Gasteiger charge is 2.24. The first-order valence-electron chi connectivity index (χ1n) is 9.09. The van der Waals surface area contributed by atoms with Crippen molar-refractivity contribution in [1.29, 1.82) is 0 Å². The van der Waals surface area contributed by atoms with E-state index in [2.05, 4.69) is 39.5 Å². The number of nitrogens with zero attached hydrogens (tertiary/aromatic N) is 5. The smallest absolute Gasteiger partial charge is 0.191 e. The highest BCUT2D eigenvalue weighted by molar-refractivity contribution is 14.0. The van der Waals surface area contributed by atoms with E-state index < -0.39 is 0 Å². The molecule has 0 bridgehead atoms. The van der Waals surface area contributed by atoms with Crippen LogP contribution >= 0.6 is 35.3 Å². The lowest BCUT2D eigenvalue weighted by molar-refractivity contribution is 0.397. The quantitative estimate of drug-likeness (QED) is 0.371. The first kappa shape index (κ1) is 21.1. The molecule has 2 N–H and O–H groups in total. The number of hydrogen-bond acceptors (Lipinski definition) is 5. The molecule has 0 aliphatic carbocycles. The Hall–Kier alpha value is -1.23. The van der Waals surface area contributed by atoms with Gasteiger partial charge in [0.25, 0.3) is 0 Å². The number of guanidine groups is 1. The number of aryl methyl sites for hydroxylation is 3. The Morgan fingerprint density at radius 2 is 2.27 bits per heavy atom. The van der Waals surface area contributed by atoms with Gasteiger partial charge in [0.1, 0.15) is 11.6 Å². The first-order chi connectivity index (χ1) is 12.2. The fourth-order valence-electron chi connectivity index (χ4n) is 2.98. The molecule has 1 aliphatic heterocycles. The molecule has 2 aromatic heterocycles. The first-order valence-corrected chi connectivity index (χ1v) is 9.91. The predicted molar refractivity (Wildman–Crippen MR) is 116 cm³/mol. The van der Waals surface area contributed by atoms with Gasteiger partial charge in [-0.2, -0.15) is 5.10 Å². The van der Waals surface area contributed by atoms with E-state index in [1.165, 1.54) is 4.88 Å². The summed E-state index contributed by atoms with van der Waals surface area (Å²) in [5.41, 5.74) is 0. The molecule has 0 fully saturated rings. The Morgan fingerprint density at radius 1 is 1.42 bits per heavy atom. The summed E-state index contributed by atoms with van der Waals surface area (Å²) in [5, 5.41) is 12.5. The molecule has 1 unspecified atom stereocenters. The van der Waals surface area contributed by atoms with Crippen LogP contribution in [0.25, 0.3) is 0 Å². The van der Waals surface area contributed by atoms with Gasteiger partial charge in [-0.1, -0.05) is 6.92 Å². The Morgan fingerprint density at radius 3 is 3.00 bits per heavy atom. The van der Waals surface area contributed by atoms with Gasteiger partial charge in [-0.25, -0.2) is 14.6 Å². The summed E-state index contributed by atoms with van der Waals surface area (Å²) in [6, 6.07) is 0.166. The number of aromatic nitrogens is 4. The molecule has 144 valence electrons. The molecular weight excluding hydrogens is 461 g/mol. The third-order valence-electron chi connectivity index (χ3n) is 4.18. The SMILES string of the molecule is CCNC(=NCCc1ncc(CC)s1)NC1CCCn2nc(C)nc21.I. The molecular formula is C17H28IN7S. The second-order valence-electron chi connectivity index (χ2n) is 6.16. The van der Waals surface area contributed by atoms with E-state index in [1.807, 2.05) is 17.8 Å². The van der Waals surface area contributed by atoms with Gasteiger partial charge in [0.2, 0.25) is 0 Å². The predicted octanol–water partition coefficient (Wildman–Crippen LogP) is 2.86. The molecule has 3 heterocycles. The number of nitrogens with one attached hydrogen (secondary N) is 2. The van der Waals surface area contributed by atoms with Crippen molar-refractivity contribution in [3.8, 4) is 0 Å². The summed E-state index contributed by atoms with van der Waals surface area (Å²) in [6.07, 6.45) is 6.05. The molecule has 0 radical (unpaired) electrons. The topological polar surface area (TPSA) is 80.0 Å². The van der Waals surface area contributed by atoms with Gasteiger partial charge in [0.05, 0.1) is 11.0 Å². The van der Waals surface area contributed by atoms with Gasteiger partial charge >= 0.3 is 0 Å². The number of aliphatic imine (C=N–C) groups is 1. The maximum Gasteiger partial charge on any atom is 0.191 e. The largest absolute Gasteiger partial charge is 0.357 e. The third kappa shape index (κ3) is 5.38. The minimum absolute atomic E-state index is 0. The van der Waals surface area contributed by atoms with Gasteiger partial charge in [0, 0.05) is 37.1 Å². The number of halogens is 1. The second-order valence-corrected chi connectivity index (χ2v) is 7.36. The summed E-state index contributed by atoms with van der Waals surface area (Å²) in [5.74, 6) is 2.69. The van der Waals surface area contributed by atoms with E-state index in [1.54, 1.807) is 11.3 Å². The zero-order chi connectivity index (χ0) is 17.6. The zero-order valence-corrected chi connectivity index (χ0v) is 18.8. The molecule has 1 aliphatic rings. The van der Waals surface area contributed by atoms with Crippen molar-refractivity contribution in [3.05, 3.63) is 27.7 Å². The van der Waals surface area contributed by atoms with Crippen molar-refractivity contribution in [1.82, 2.24) is 30.4 Å². The van der Waals surface area contributed by atoms with Crippen molar-refractivity contribution in [2.75, 3.05) is 13.1 Å². The number of rotatable bonds is 6. The second kappa shape index (κ2) is 10.2. The van der Waals surface area contributed by atoms with Crippen LogP contribution in [0.2, 0.25) is 0 Å². The summed E-state index contributed by atoms with van der Waals surface area (Å²) in [7, 11) is 0. The standard InChI is InChI=1S/C17H27N7S.HI/c1-4-13-11-20-15(25-13)8-9-19-17(18-5-2)22-14-7-6-10-24-16(14)21-12(3)23-24;/h11,14H,4-10H2,1-3H3,(H2,18,19,22);1H. The lowest BCUT2D eigenvalue weighted by Gasteiger charge is -2.25. The summed E-state index contributed by atoms with van der Waals surface area (Å²) < 4.78 is 2.02. The molecule has 0 spiro atoms. The molecule has 0 amide bonds. The molecule has 7 nitrogen and oxygen atoms in total. The van der Waals surface area contributed by atoms with Crippen LogP contribution < -0.4 is 10.6 Å². The van der Waals surface area contributed by atoms with Crippen molar-refractivity contribution in [3.63, 3.8) is 0 Å². The monoisotopic (exact) mass is 489 g/mol. The third-order valence-corrected chi connectivity index (χ3v) is 5.38. The van der Waals surface area contributed by atoms with E-state index in [0.717, 1.165) is 67.9 Å². The average Bonchev–Trinajstić information content (AvgIpc) is 3.21. The highest BCUT2D eigenvalue weighted by Crippen LogP contribution is 2.22. The van der Waals surface area contributed by atoms with E-state index in [9.17, 15) is 0 Å². The van der Waals surface area contributed by atoms with Crippen molar-refractivity contribution in [2.24, 2.45) is 4.99 Å². The van der Waals surface area contributed by atoms with Crippen LogP contribution in [0.1, 0.15) is 54.3 Å². The Bertz CT molecular complexity index is 725. The maximum atomic E-state index is 4.72. The van der Waals surface area contributed by atoms with Gasteiger partial charge in [0.15, 0.2) is 5.96 Å². The lowest BCUT2D eigenvalue weighted by atomic mass is 10.1. The van der Waals surface area contributed by atoms with Crippen molar-refractivity contribution < 1.29 is 0 Å². The summed E-state index contributed by atoms with van der Waals surface area (Å²) >= 11 is 1.78. The number of thiazole rings is 1. The minimum atomic E-state index is 0. The lowest BCUT2D eigenvalue weighted by Crippen LogP contribution is -2.41. The molecule has 0 saturated heterocycles. The van der Waals surface area contributed by atoms with E-state index >= 15 is 0 Å². The van der Waals surface area contributed by atoms with Crippen LogP contribution in [0, 0.1) is 6.92 Å². The molecule has 3 rings (SSSR count). The number of fused-ring (bicyclic) bond motifs is 1. The van der Waals surface area contributed by atoms with Gasteiger partial charge in [-0.05, 0) is 33.1 Å². The van der Waals surface area contributed by atoms with Gasteiger partial charge in [-0.15, -0.1) is 35.3 Å². The highest BCUT2D eigenvalue weighted by atomic mass is 127. The van der Waals surface area contributed by atoms with Crippen LogP contribution in [-0.4, -0.2) is 38.8 Å². The average molecular weight is 489 g/mol. The van der Waals surface area contributed by atoms with Gasteiger partial charge in [-0.3, -0.25) is 4.99 Å². The van der Waals surface area contributed by atoms with E-state index in [0.29, 0.717) is 0 Å². The van der Waals surface area contributed by atoms with Crippen LogP contribution in [-0.2, 0) is 19.4 Å². The molecule has 1 atom stereocenters. The Kier molecular flexibility index (Phi) is 8.26. The van der Waals surface area contributed by atoms with Crippen LogP contribution in [0.4, 0.5) is 0 Å². The normalized spacial score (nSPS) is 16.7. The van der Waals surface area contributed by atoms with Crippen LogP contribution in [0.3, 0.4) is 0 Å². The molecule has 0 aromatic carbocycles. The van der Waals surface area contributed by atoms with Crippen LogP contribution in [0.5, 0.6) is 0 Å². The van der Waals surface area contributed by atoms with E-state index in [-0.39, 0.29) is 30.0 Å². The fraction of sp³-hybridized carbons (Fsp3) is 0.647.